The van der Waals surface area contributed by atoms with Crippen LogP contribution in [-0.2, 0) is 16.6 Å². The lowest BCUT2D eigenvalue weighted by molar-refractivity contribution is 0.281. The van der Waals surface area contributed by atoms with Crippen LogP contribution in [0.2, 0.25) is 5.02 Å². The van der Waals surface area contributed by atoms with Gasteiger partial charge in [0.1, 0.15) is 11.5 Å². The molecule has 0 aliphatic carbocycles. The van der Waals surface area contributed by atoms with E-state index in [1.54, 1.807) is 6.07 Å². The molecule has 2 N–H and O–H groups in total. The smallest absolute Gasteiger partial charge is 0.262 e. The fraction of sp³-hybridized carbons (Fsp3) is 0.0769. The largest absolute Gasteiger partial charge is 0.392 e. The van der Waals surface area contributed by atoms with E-state index in [2.05, 4.69) is 4.72 Å². The minimum Gasteiger partial charge on any atom is -0.392 e. The number of sulfonamides is 1. The molecule has 0 aliphatic heterocycles. The number of hydrogen-bond acceptors (Lipinski definition) is 3. The first-order valence-corrected chi connectivity index (χ1v) is 7.47. The van der Waals surface area contributed by atoms with Gasteiger partial charge >= 0.3 is 0 Å². The first kappa shape index (κ1) is 14.8. The molecule has 0 unspecified atom stereocenters. The number of aliphatic hydroxyl groups is 1. The van der Waals surface area contributed by atoms with Crippen molar-refractivity contribution in [2.24, 2.45) is 0 Å². The standard InChI is InChI=1S/C13H11ClFNO3S/c14-11-5-2-6-12(15)13(11)16-20(18,19)10-4-1-3-9(7-10)8-17/h1-7,16-17H,8H2. The van der Waals surface area contributed by atoms with Gasteiger partial charge in [0.15, 0.2) is 0 Å². The van der Waals surface area contributed by atoms with Crippen LogP contribution < -0.4 is 4.72 Å². The average molecular weight is 316 g/mol. The van der Waals surface area contributed by atoms with Gasteiger partial charge in [0, 0.05) is 0 Å². The molecule has 0 atom stereocenters. The van der Waals surface area contributed by atoms with Gasteiger partial charge in [0.05, 0.1) is 16.5 Å². The lowest BCUT2D eigenvalue weighted by Crippen LogP contribution is -2.14. The number of rotatable bonds is 4. The van der Waals surface area contributed by atoms with Gasteiger partial charge in [-0.15, -0.1) is 0 Å². The maximum Gasteiger partial charge on any atom is 0.262 e. The number of para-hydroxylation sites is 1. The van der Waals surface area contributed by atoms with Crippen LogP contribution in [-0.4, -0.2) is 13.5 Å². The molecule has 0 amide bonds. The van der Waals surface area contributed by atoms with Crippen molar-refractivity contribution in [1.82, 2.24) is 0 Å². The molecule has 0 aromatic heterocycles. The van der Waals surface area contributed by atoms with Gasteiger partial charge in [-0.3, -0.25) is 4.72 Å². The highest BCUT2D eigenvalue weighted by Gasteiger charge is 2.18. The summed E-state index contributed by atoms with van der Waals surface area (Å²) in [5.41, 5.74) is 0.135. The summed E-state index contributed by atoms with van der Waals surface area (Å²) in [4.78, 5) is -0.0802. The fourth-order valence-corrected chi connectivity index (χ4v) is 3.02. The number of halogens is 2. The van der Waals surface area contributed by atoms with Gasteiger partial charge in [0.25, 0.3) is 10.0 Å². The van der Waals surface area contributed by atoms with Crippen molar-refractivity contribution < 1.29 is 17.9 Å². The molecule has 0 heterocycles. The Morgan fingerprint density at radius 1 is 1.20 bits per heavy atom. The van der Waals surface area contributed by atoms with Crippen LogP contribution in [0.25, 0.3) is 0 Å². The highest BCUT2D eigenvalue weighted by atomic mass is 35.5. The molecule has 4 nitrogen and oxygen atoms in total. The highest BCUT2D eigenvalue weighted by Crippen LogP contribution is 2.27. The summed E-state index contributed by atoms with van der Waals surface area (Å²) in [7, 11) is -3.98. The van der Waals surface area contributed by atoms with Crippen LogP contribution in [0.3, 0.4) is 0 Å². The summed E-state index contributed by atoms with van der Waals surface area (Å²) in [6.45, 7) is -0.288. The molecule has 20 heavy (non-hydrogen) atoms. The van der Waals surface area contributed by atoms with Gasteiger partial charge in [-0.2, -0.15) is 0 Å². The Kier molecular flexibility index (Phi) is 4.27. The van der Waals surface area contributed by atoms with E-state index in [4.69, 9.17) is 16.7 Å². The average Bonchev–Trinajstić information content (AvgIpc) is 2.43. The third-order valence-electron chi connectivity index (χ3n) is 2.59. The Hall–Kier alpha value is -1.63. The van der Waals surface area contributed by atoms with Crippen molar-refractivity contribution >= 4 is 27.3 Å². The highest BCUT2D eigenvalue weighted by molar-refractivity contribution is 7.92. The minimum absolute atomic E-state index is 0.0353. The van der Waals surface area contributed by atoms with Gasteiger partial charge in [-0.05, 0) is 29.8 Å². The van der Waals surface area contributed by atoms with Crippen LogP contribution in [0.5, 0.6) is 0 Å². The van der Waals surface area contributed by atoms with Gasteiger partial charge in [-0.1, -0.05) is 29.8 Å². The summed E-state index contributed by atoms with van der Waals surface area (Å²) in [5, 5.41) is 8.97. The molecular weight excluding hydrogens is 305 g/mol. The molecule has 7 heteroatoms. The summed E-state index contributed by atoms with van der Waals surface area (Å²) < 4.78 is 40.0. The topological polar surface area (TPSA) is 66.4 Å². The zero-order valence-electron chi connectivity index (χ0n) is 10.2. The Balaban J connectivity index is 2.41. The second-order valence-electron chi connectivity index (χ2n) is 4.01. The number of hydrogen-bond donors (Lipinski definition) is 2. The van der Waals surface area contributed by atoms with Crippen LogP contribution in [0.4, 0.5) is 10.1 Å². The lowest BCUT2D eigenvalue weighted by atomic mass is 10.2. The summed E-state index contributed by atoms with van der Waals surface area (Å²) in [5.74, 6) is -0.764. The van der Waals surface area contributed by atoms with E-state index in [0.29, 0.717) is 5.56 Å². The van der Waals surface area contributed by atoms with E-state index in [1.165, 1.54) is 30.3 Å². The third-order valence-corrected chi connectivity index (χ3v) is 4.25. The molecule has 0 radical (unpaired) electrons. The van der Waals surface area contributed by atoms with Crippen LogP contribution in [0.15, 0.2) is 47.4 Å². The van der Waals surface area contributed by atoms with Crippen molar-refractivity contribution in [3.8, 4) is 0 Å². The Labute approximate surface area is 120 Å². The number of anilines is 1. The number of benzene rings is 2. The first-order valence-electron chi connectivity index (χ1n) is 5.60. The molecule has 2 aromatic carbocycles. The molecule has 0 saturated heterocycles. The van der Waals surface area contributed by atoms with E-state index in [-0.39, 0.29) is 22.2 Å². The van der Waals surface area contributed by atoms with Crippen LogP contribution >= 0.6 is 11.6 Å². The quantitative estimate of drug-likeness (QED) is 0.911. The van der Waals surface area contributed by atoms with Gasteiger partial charge < -0.3 is 5.11 Å². The first-order chi connectivity index (χ1) is 9.44. The fourth-order valence-electron chi connectivity index (χ4n) is 1.60. The van der Waals surface area contributed by atoms with Crippen molar-refractivity contribution in [2.75, 3.05) is 4.72 Å². The molecule has 0 fully saturated rings. The van der Waals surface area contributed by atoms with E-state index in [9.17, 15) is 12.8 Å². The maximum atomic E-state index is 13.6. The maximum absolute atomic E-state index is 13.6. The van der Waals surface area contributed by atoms with Crippen LogP contribution in [0.1, 0.15) is 5.56 Å². The zero-order valence-corrected chi connectivity index (χ0v) is 11.7. The Bertz CT molecular complexity index is 714. The van der Waals surface area contributed by atoms with Crippen molar-refractivity contribution in [3.63, 3.8) is 0 Å². The zero-order chi connectivity index (χ0) is 14.8. The second-order valence-corrected chi connectivity index (χ2v) is 6.10. The van der Waals surface area contributed by atoms with Gasteiger partial charge in [-0.25, -0.2) is 12.8 Å². The van der Waals surface area contributed by atoms with Crippen molar-refractivity contribution in [1.29, 1.82) is 0 Å². The Morgan fingerprint density at radius 3 is 2.55 bits per heavy atom. The third kappa shape index (κ3) is 3.09. The van der Waals surface area contributed by atoms with E-state index < -0.39 is 15.8 Å². The van der Waals surface area contributed by atoms with Gasteiger partial charge in [0.2, 0.25) is 0 Å². The molecule has 0 saturated carbocycles. The van der Waals surface area contributed by atoms with Crippen LogP contribution in [0, 0.1) is 5.82 Å². The summed E-state index contributed by atoms with van der Waals surface area (Å²) >= 11 is 5.77. The minimum atomic E-state index is -3.98. The number of nitrogens with one attached hydrogen (secondary N) is 1. The monoisotopic (exact) mass is 315 g/mol. The van der Waals surface area contributed by atoms with Crippen molar-refractivity contribution in [3.05, 3.63) is 58.9 Å². The lowest BCUT2D eigenvalue weighted by Gasteiger charge is -2.11. The SMILES string of the molecule is O=S(=O)(Nc1c(F)cccc1Cl)c1cccc(CO)c1. The molecular formula is C13H11ClFNO3S. The molecule has 2 aromatic rings. The summed E-state index contributed by atoms with van der Waals surface area (Å²) in [6.07, 6.45) is 0. The van der Waals surface area contributed by atoms with E-state index in [0.717, 1.165) is 6.07 Å². The van der Waals surface area contributed by atoms with Crippen molar-refractivity contribution in [2.45, 2.75) is 11.5 Å². The predicted molar refractivity (Wildman–Crippen MR) is 74.6 cm³/mol. The molecule has 2 rings (SSSR count). The molecule has 0 aliphatic rings. The van der Waals surface area contributed by atoms with E-state index in [1.807, 2.05) is 0 Å². The normalized spacial score (nSPS) is 11.3. The van der Waals surface area contributed by atoms with E-state index >= 15 is 0 Å². The predicted octanol–water partition coefficient (Wildman–Crippen LogP) is 2.77. The number of aliphatic hydroxyl groups excluding tert-OH is 1. The Morgan fingerprint density at radius 2 is 1.90 bits per heavy atom. The molecule has 106 valence electrons. The summed E-state index contributed by atoms with van der Waals surface area (Å²) in [6, 6.07) is 9.58. The molecule has 0 bridgehead atoms. The molecule has 0 spiro atoms. The second kappa shape index (κ2) is 5.78.